The Balaban J connectivity index is 1.35. The molecule has 6 nitrogen and oxygen atoms in total. The Kier molecular flexibility index (Phi) is 5.95. The lowest BCUT2D eigenvalue weighted by Crippen LogP contribution is -2.48. The molecule has 0 atom stereocenters. The fourth-order valence-electron chi connectivity index (χ4n) is 4.36. The van der Waals surface area contributed by atoms with Crippen molar-refractivity contribution in [2.45, 2.75) is 45.1 Å². The fourth-order valence-corrected chi connectivity index (χ4v) is 4.36. The van der Waals surface area contributed by atoms with Gasteiger partial charge in [-0.15, -0.1) is 0 Å². The maximum absolute atomic E-state index is 12.9. The van der Waals surface area contributed by atoms with Crippen LogP contribution in [0, 0.1) is 0 Å². The van der Waals surface area contributed by atoms with Gasteiger partial charge in [-0.1, -0.05) is 6.42 Å². The minimum absolute atomic E-state index is 0.0572. The monoisotopic (exact) mass is 382 g/mol. The first-order valence-electron chi connectivity index (χ1n) is 10.6. The number of aromatic nitrogens is 2. The lowest BCUT2D eigenvalue weighted by Gasteiger charge is -2.40. The van der Waals surface area contributed by atoms with Crippen molar-refractivity contribution in [3.05, 3.63) is 36.0 Å². The zero-order valence-corrected chi connectivity index (χ0v) is 16.7. The molecule has 1 N–H and O–H groups in total. The summed E-state index contributed by atoms with van der Waals surface area (Å²) in [5.41, 5.74) is 2.33. The average molecular weight is 383 g/mol. The summed E-state index contributed by atoms with van der Waals surface area (Å²) in [5.74, 6) is 0.899. The Hall–Kier alpha value is -2.34. The van der Waals surface area contributed by atoms with E-state index in [9.17, 15) is 4.79 Å². The van der Waals surface area contributed by atoms with E-state index in [0.717, 1.165) is 42.9 Å². The molecule has 2 fully saturated rings. The first kappa shape index (κ1) is 19.0. The molecule has 0 saturated carbocycles. The molecular formula is C22H30N4O2. The van der Waals surface area contributed by atoms with Crippen LogP contribution in [0.4, 0.5) is 0 Å². The van der Waals surface area contributed by atoms with Crippen LogP contribution in [0.25, 0.3) is 11.3 Å². The lowest BCUT2D eigenvalue weighted by atomic mass is 9.99. The van der Waals surface area contributed by atoms with Crippen molar-refractivity contribution in [1.82, 2.24) is 20.0 Å². The van der Waals surface area contributed by atoms with Crippen molar-refractivity contribution in [2.75, 3.05) is 32.8 Å². The van der Waals surface area contributed by atoms with E-state index in [1.165, 1.54) is 32.4 Å². The number of aromatic amines is 1. The second kappa shape index (κ2) is 8.78. The molecule has 1 aromatic carbocycles. The van der Waals surface area contributed by atoms with Gasteiger partial charge in [0.15, 0.2) is 0 Å². The molecule has 1 aromatic heterocycles. The summed E-state index contributed by atoms with van der Waals surface area (Å²) in [5, 5.41) is 7.28. The van der Waals surface area contributed by atoms with Gasteiger partial charge < -0.3 is 14.5 Å². The molecule has 0 unspecified atom stereocenters. The van der Waals surface area contributed by atoms with Gasteiger partial charge in [-0.2, -0.15) is 5.10 Å². The number of piperidine rings is 2. The topological polar surface area (TPSA) is 61.5 Å². The van der Waals surface area contributed by atoms with Crippen molar-refractivity contribution in [3.8, 4) is 17.0 Å². The molecule has 6 heteroatoms. The molecule has 0 spiro atoms. The number of carbonyl (C=O) groups is 1. The Bertz CT molecular complexity index is 772. The number of hydrogen-bond acceptors (Lipinski definition) is 4. The van der Waals surface area contributed by atoms with Crippen molar-refractivity contribution >= 4 is 5.91 Å². The number of nitrogens with zero attached hydrogens (tertiary/aromatic N) is 3. The van der Waals surface area contributed by atoms with Gasteiger partial charge in [0.05, 0.1) is 12.3 Å². The number of hydrogen-bond donors (Lipinski definition) is 1. The SMILES string of the molecule is CCOc1ccc(-c2cc(C(=O)N3CCC(N4CCCCC4)CC3)[nH]n2)cc1. The van der Waals surface area contributed by atoms with Crippen LogP contribution < -0.4 is 4.74 Å². The third kappa shape index (κ3) is 4.22. The number of ether oxygens (including phenoxy) is 1. The van der Waals surface area contributed by atoms with E-state index >= 15 is 0 Å². The third-order valence-electron chi connectivity index (χ3n) is 5.93. The van der Waals surface area contributed by atoms with E-state index in [4.69, 9.17) is 4.74 Å². The minimum Gasteiger partial charge on any atom is -0.494 e. The van der Waals surface area contributed by atoms with Gasteiger partial charge in [0.2, 0.25) is 0 Å². The summed E-state index contributed by atoms with van der Waals surface area (Å²) in [6.45, 7) is 6.73. The number of rotatable bonds is 5. The van der Waals surface area contributed by atoms with E-state index < -0.39 is 0 Å². The number of likely N-dealkylation sites (tertiary alicyclic amines) is 2. The molecule has 2 saturated heterocycles. The summed E-state index contributed by atoms with van der Waals surface area (Å²) >= 11 is 0. The van der Waals surface area contributed by atoms with Crippen LogP contribution in [0.15, 0.2) is 30.3 Å². The number of amides is 1. The van der Waals surface area contributed by atoms with E-state index in [1.54, 1.807) is 0 Å². The summed E-state index contributed by atoms with van der Waals surface area (Å²) in [4.78, 5) is 17.5. The molecule has 1 amide bonds. The van der Waals surface area contributed by atoms with Crippen LogP contribution in [0.5, 0.6) is 5.75 Å². The molecule has 0 bridgehead atoms. The van der Waals surface area contributed by atoms with Crippen molar-refractivity contribution in [1.29, 1.82) is 0 Å². The first-order valence-corrected chi connectivity index (χ1v) is 10.6. The van der Waals surface area contributed by atoms with Crippen LogP contribution in [-0.2, 0) is 0 Å². The normalized spacial score (nSPS) is 19.0. The Morgan fingerprint density at radius 2 is 1.82 bits per heavy atom. The Labute approximate surface area is 166 Å². The molecule has 4 rings (SSSR count). The average Bonchev–Trinajstić information content (AvgIpc) is 3.25. The third-order valence-corrected chi connectivity index (χ3v) is 5.93. The quantitative estimate of drug-likeness (QED) is 0.859. The van der Waals surface area contributed by atoms with Crippen molar-refractivity contribution in [3.63, 3.8) is 0 Å². The number of carbonyl (C=O) groups excluding carboxylic acids is 1. The van der Waals surface area contributed by atoms with Crippen molar-refractivity contribution < 1.29 is 9.53 Å². The van der Waals surface area contributed by atoms with Crippen molar-refractivity contribution in [2.24, 2.45) is 0 Å². The minimum atomic E-state index is 0.0572. The number of H-pyrrole nitrogens is 1. The zero-order valence-electron chi connectivity index (χ0n) is 16.7. The van der Waals surface area contributed by atoms with Gasteiger partial charge in [-0.05, 0) is 76.0 Å². The highest BCUT2D eigenvalue weighted by Crippen LogP contribution is 2.24. The van der Waals surface area contributed by atoms with Gasteiger partial charge in [0.25, 0.3) is 5.91 Å². The second-order valence-electron chi connectivity index (χ2n) is 7.74. The Morgan fingerprint density at radius 1 is 1.11 bits per heavy atom. The number of nitrogens with one attached hydrogen (secondary N) is 1. The van der Waals surface area contributed by atoms with E-state index in [0.29, 0.717) is 18.3 Å². The smallest absolute Gasteiger partial charge is 0.271 e. The number of benzene rings is 1. The summed E-state index contributed by atoms with van der Waals surface area (Å²) in [6, 6.07) is 10.3. The molecule has 0 radical (unpaired) electrons. The highest BCUT2D eigenvalue weighted by atomic mass is 16.5. The van der Waals surface area contributed by atoms with Gasteiger partial charge >= 0.3 is 0 Å². The standard InChI is InChI=1S/C22H30N4O2/c1-2-28-19-8-6-17(7-9-19)20-16-21(24-23-20)22(27)26-14-10-18(11-15-26)25-12-4-3-5-13-25/h6-9,16,18H,2-5,10-15H2,1H3,(H,23,24). The predicted molar refractivity (Wildman–Crippen MR) is 110 cm³/mol. The Morgan fingerprint density at radius 3 is 2.50 bits per heavy atom. The van der Waals surface area contributed by atoms with Gasteiger partial charge in [-0.3, -0.25) is 9.89 Å². The maximum Gasteiger partial charge on any atom is 0.271 e. The van der Waals surface area contributed by atoms with Gasteiger partial charge in [0.1, 0.15) is 11.4 Å². The highest BCUT2D eigenvalue weighted by molar-refractivity contribution is 5.93. The van der Waals surface area contributed by atoms with Crippen LogP contribution in [0.2, 0.25) is 0 Å². The first-order chi connectivity index (χ1) is 13.7. The predicted octanol–water partition coefficient (Wildman–Crippen LogP) is 3.57. The van der Waals surface area contributed by atoms with E-state index in [-0.39, 0.29) is 5.91 Å². The van der Waals surface area contributed by atoms with E-state index in [1.807, 2.05) is 42.2 Å². The van der Waals surface area contributed by atoms with Gasteiger partial charge in [0, 0.05) is 24.7 Å². The van der Waals surface area contributed by atoms with Crippen LogP contribution in [0.3, 0.4) is 0 Å². The van der Waals surface area contributed by atoms with E-state index in [2.05, 4.69) is 15.1 Å². The zero-order chi connectivity index (χ0) is 19.3. The van der Waals surface area contributed by atoms with Crippen LogP contribution >= 0.6 is 0 Å². The molecule has 2 aromatic rings. The summed E-state index contributed by atoms with van der Waals surface area (Å²) < 4.78 is 5.48. The fraction of sp³-hybridized carbons (Fsp3) is 0.545. The molecule has 150 valence electrons. The molecule has 2 aliphatic rings. The summed E-state index contributed by atoms with van der Waals surface area (Å²) in [7, 11) is 0. The van der Waals surface area contributed by atoms with Crippen LogP contribution in [0.1, 0.15) is 49.5 Å². The lowest BCUT2D eigenvalue weighted by molar-refractivity contribution is 0.0585. The second-order valence-corrected chi connectivity index (χ2v) is 7.74. The molecule has 3 heterocycles. The molecule has 0 aliphatic carbocycles. The maximum atomic E-state index is 12.9. The largest absolute Gasteiger partial charge is 0.494 e. The molecular weight excluding hydrogens is 352 g/mol. The highest BCUT2D eigenvalue weighted by Gasteiger charge is 2.28. The van der Waals surface area contributed by atoms with Crippen LogP contribution in [-0.4, -0.2) is 64.7 Å². The molecule has 28 heavy (non-hydrogen) atoms. The summed E-state index contributed by atoms with van der Waals surface area (Å²) in [6.07, 6.45) is 6.16. The van der Waals surface area contributed by atoms with Gasteiger partial charge in [-0.25, -0.2) is 0 Å². The molecule has 2 aliphatic heterocycles.